The highest BCUT2D eigenvalue weighted by Gasteiger charge is 2.25. The number of ether oxygens (including phenoxy) is 1. The Morgan fingerprint density at radius 2 is 1.84 bits per heavy atom. The van der Waals surface area contributed by atoms with Crippen LogP contribution in [0.1, 0.15) is 16.3 Å². The summed E-state index contributed by atoms with van der Waals surface area (Å²) in [6, 6.07) is 21.0. The van der Waals surface area contributed by atoms with Crippen molar-refractivity contribution < 1.29 is 13.9 Å². The number of nitrogens with zero attached hydrogens (tertiary/aromatic N) is 1. The van der Waals surface area contributed by atoms with Gasteiger partial charge in [0.1, 0.15) is 18.1 Å². The van der Waals surface area contributed by atoms with Gasteiger partial charge in [-0.1, -0.05) is 30.3 Å². The van der Waals surface area contributed by atoms with Gasteiger partial charge in [0.15, 0.2) is 5.76 Å². The van der Waals surface area contributed by atoms with Crippen molar-refractivity contribution in [1.82, 2.24) is 0 Å². The fourth-order valence-electron chi connectivity index (χ4n) is 2.76. The highest BCUT2D eigenvalue weighted by atomic mass is 32.2. The first kappa shape index (κ1) is 15.8. The molecule has 1 aromatic heterocycles. The molecule has 0 saturated heterocycles. The molecule has 126 valence electrons. The maximum Gasteiger partial charge on any atom is 0.294 e. The number of hydrogen-bond acceptors (Lipinski definition) is 4. The Labute approximate surface area is 150 Å². The summed E-state index contributed by atoms with van der Waals surface area (Å²) in [5, 5.41) is 0. The Bertz CT molecular complexity index is 875. The highest BCUT2D eigenvalue weighted by molar-refractivity contribution is 7.99. The molecule has 0 spiro atoms. The number of anilines is 1. The van der Waals surface area contributed by atoms with Crippen LogP contribution in [0.4, 0.5) is 5.69 Å². The maximum atomic E-state index is 12.8. The van der Waals surface area contributed by atoms with E-state index < -0.39 is 0 Å². The fourth-order valence-corrected chi connectivity index (χ4v) is 3.75. The number of para-hydroxylation sites is 2. The number of rotatable bonds is 4. The number of hydrogen-bond donors (Lipinski definition) is 0. The van der Waals surface area contributed by atoms with Crippen molar-refractivity contribution in [1.29, 1.82) is 0 Å². The van der Waals surface area contributed by atoms with Crippen LogP contribution in [-0.4, -0.2) is 18.2 Å². The fraction of sp³-hybridized carbons (Fsp3) is 0.150. The third-order valence-corrected chi connectivity index (χ3v) is 5.01. The van der Waals surface area contributed by atoms with E-state index in [9.17, 15) is 4.79 Å². The van der Waals surface area contributed by atoms with Crippen LogP contribution in [0.2, 0.25) is 0 Å². The van der Waals surface area contributed by atoms with Gasteiger partial charge < -0.3 is 14.1 Å². The van der Waals surface area contributed by atoms with E-state index >= 15 is 0 Å². The van der Waals surface area contributed by atoms with E-state index in [1.807, 2.05) is 54.6 Å². The van der Waals surface area contributed by atoms with Gasteiger partial charge in [0.25, 0.3) is 5.91 Å². The van der Waals surface area contributed by atoms with Crippen molar-refractivity contribution in [2.45, 2.75) is 11.5 Å². The summed E-state index contributed by atoms with van der Waals surface area (Å²) < 4.78 is 11.4. The van der Waals surface area contributed by atoms with Crippen molar-refractivity contribution in [3.8, 4) is 5.75 Å². The van der Waals surface area contributed by atoms with Crippen molar-refractivity contribution in [2.24, 2.45) is 0 Å². The summed E-state index contributed by atoms with van der Waals surface area (Å²) in [6.07, 6.45) is 0. The molecule has 0 saturated carbocycles. The molecule has 5 heteroatoms. The van der Waals surface area contributed by atoms with E-state index in [-0.39, 0.29) is 5.91 Å². The largest absolute Gasteiger partial charge is 0.486 e. The van der Waals surface area contributed by atoms with Gasteiger partial charge in [-0.15, -0.1) is 11.8 Å². The lowest BCUT2D eigenvalue weighted by molar-refractivity contribution is 0.0957. The Morgan fingerprint density at radius 3 is 2.72 bits per heavy atom. The van der Waals surface area contributed by atoms with E-state index in [1.54, 1.807) is 28.8 Å². The molecular formula is C20H17NO3S. The second-order valence-electron chi connectivity index (χ2n) is 5.64. The van der Waals surface area contributed by atoms with Gasteiger partial charge in [-0.2, -0.15) is 0 Å². The molecule has 1 aliphatic rings. The average molecular weight is 351 g/mol. The van der Waals surface area contributed by atoms with E-state index in [4.69, 9.17) is 9.15 Å². The number of amides is 1. The van der Waals surface area contributed by atoms with E-state index in [0.29, 0.717) is 24.7 Å². The Balaban J connectivity index is 1.48. The summed E-state index contributed by atoms with van der Waals surface area (Å²) in [5.74, 6) is 2.51. The number of thioether (sulfide) groups is 1. The second kappa shape index (κ2) is 7.07. The molecule has 4 rings (SSSR count). The minimum Gasteiger partial charge on any atom is -0.486 e. The SMILES string of the molecule is O=C(c1ccc(COc2ccccc2)o1)N1CCSc2ccccc21. The zero-order chi connectivity index (χ0) is 17.1. The predicted molar refractivity (Wildman–Crippen MR) is 98.3 cm³/mol. The first-order valence-electron chi connectivity index (χ1n) is 8.11. The van der Waals surface area contributed by atoms with E-state index in [0.717, 1.165) is 22.1 Å². The zero-order valence-electron chi connectivity index (χ0n) is 13.6. The van der Waals surface area contributed by atoms with Crippen molar-refractivity contribution in [2.75, 3.05) is 17.2 Å². The number of carbonyl (C=O) groups is 1. The molecule has 1 aliphatic heterocycles. The van der Waals surface area contributed by atoms with Gasteiger partial charge in [-0.3, -0.25) is 4.79 Å². The smallest absolute Gasteiger partial charge is 0.294 e. The molecule has 2 heterocycles. The summed E-state index contributed by atoms with van der Waals surface area (Å²) in [6.45, 7) is 0.973. The van der Waals surface area contributed by atoms with Crippen LogP contribution in [0, 0.1) is 0 Å². The van der Waals surface area contributed by atoms with Crippen LogP contribution in [-0.2, 0) is 6.61 Å². The number of carbonyl (C=O) groups excluding carboxylic acids is 1. The molecule has 0 fully saturated rings. The lowest BCUT2D eigenvalue weighted by atomic mass is 10.2. The molecule has 0 atom stereocenters. The molecule has 1 amide bonds. The van der Waals surface area contributed by atoms with Crippen LogP contribution in [0.15, 0.2) is 76.0 Å². The minimum absolute atomic E-state index is 0.112. The Morgan fingerprint density at radius 1 is 1.04 bits per heavy atom. The Kier molecular flexibility index (Phi) is 4.48. The van der Waals surface area contributed by atoms with Crippen LogP contribution >= 0.6 is 11.8 Å². The van der Waals surface area contributed by atoms with Gasteiger partial charge in [0.05, 0.1) is 5.69 Å². The van der Waals surface area contributed by atoms with Crippen LogP contribution in [0.5, 0.6) is 5.75 Å². The molecule has 0 aliphatic carbocycles. The van der Waals surface area contributed by atoms with Crippen LogP contribution < -0.4 is 9.64 Å². The summed E-state index contributed by atoms with van der Waals surface area (Å²) in [5.41, 5.74) is 0.947. The Hall–Kier alpha value is -2.66. The molecule has 0 bridgehead atoms. The monoisotopic (exact) mass is 351 g/mol. The van der Waals surface area contributed by atoms with Crippen molar-refractivity contribution >= 4 is 23.4 Å². The minimum atomic E-state index is -0.112. The van der Waals surface area contributed by atoms with Crippen LogP contribution in [0.25, 0.3) is 0 Å². The first-order valence-corrected chi connectivity index (χ1v) is 9.10. The molecule has 0 N–H and O–H groups in total. The topological polar surface area (TPSA) is 42.7 Å². The predicted octanol–water partition coefficient (Wildman–Crippen LogP) is 4.61. The molecule has 25 heavy (non-hydrogen) atoms. The van der Waals surface area contributed by atoms with Crippen molar-refractivity contribution in [3.63, 3.8) is 0 Å². The third kappa shape index (κ3) is 3.42. The second-order valence-corrected chi connectivity index (χ2v) is 6.78. The molecular weight excluding hydrogens is 334 g/mol. The average Bonchev–Trinajstić information content (AvgIpc) is 3.15. The highest BCUT2D eigenvalue weighted by Crippen LogP contribution is 2.35. The zero-order valence-corrected chi connectivity index (χ0v) is 14.4. The first-order chi connectivity index (χ1) is 12.3. The molecule has 3 aromatic rings. The summed E-state index contributed by atoms with van der Waals surface area (Å²) >= 11 is 1.77. The van der Waals surface area contributed by atoms with E-state index in [2.05, 4.69) is 0 Å². The number of benzene rings is 2. The van der Waals surface area contributed by atoms with Gasteiger partial charge in [-0.05, 0) is 36.4 Å². The maximum absolute atomic E-state index is 12.8. The lowest BCUT2D eigenvalue weighted by Crippen LogP contribution is -2.35. The van der Waals surface area contributed by atoms with Crippen molar-refractivity contribution in [3.05, 3.63) is 78.3 Å². The summed E-state index contributed by atoms with van der Waals surface area (Å²) in [4.78, 5) is 15.7. The molecule has 0 radical (unpaired) electrons. The standard InChI is InChI=1S/C20H17NO3S/c22-20(21-12-13-25-19-9-5-4-8-17(19)21)18-11-10-16(24-18)14-23-15-6-2-1-3-7-15/h1-11H,12-14H2. The molecule has 0 unspecified atom stereocenters. The van der Waals surface area contributed by atoms with E-state index in [1.165, 1.54) is 0 Å². The quantitative estimate of drug-likeness (QED) is 0.688. The number of fused-ring (bicyclic) bond motifs is 1. The normalized spacial score (nSPS) is 13.4. The number of furan rings is 1. The van der Waals surface area contributed by atoms with Gasteiger partial charge in [0.2, 0.25) is 0 Å². The third-order valence-electron chi connectivity index (χ3n) is 3.97. The molecule has 2 aromatic carbocycles. The van der Waals surface area contributed by atoms with Gasteiger partial charge >= 0.3 is 0 Å². The summed E-state index contributed by atoms with van der Waals surface area (Å²) in [7, 11) is 0. The van der Waals surface area contributed by atoms with Gasteiger partial charge in [0, 0.05) is 17.2 Å². The van der Waals surface area contributed by atoms with Gasteiger partial charge in [-0.25, -0.2) is 0 Å². The lowest BCUT2D eigenvalue weighted by Gasteiger charge is -2.28. The van der Waals surface area contributed by atoms with Crippen LogP contribution in [0.3, 0.4) is 0 Å². The molecule has 4 nitrogen and oxygen atoms in total.